The average molecular weight is 464 g/mol. The van der Waals surface area contributed by atoms with Crippen LogP contribution in [0.3, 0.4) is 0 Å². The van der Waals surface area contributed by atoms with E-state index < -0.39 is 0 Å². The molecule has 1 amide bonds. The summed E-state index contributed by atoms with van der Waals surface area (Å²) >= 11 is 0. The normalized spacial score (nSPS) is 13.8. The molecule has 8 nitrogen and oxygen atoms in total. The summed E-state index contributed by atoms with van der Waals surface area (Å²) in [5, 5.41) is 3.01. The first-order valence-electron chi connectivity index (χ1n) is 11.9. The van der Waals surface area contributed by atoms with Crippen LogP contribution < -0.4 is 15.6 Å². The third-order valence-electron chi connectivity index (χ3n) is 6.41. The van der Waals surface area contributed by atoms with Crippen molar-refractivity contribution in [3.63, 3.8) is 0 Å². The number of fused-ring (bicyclic) bond motifs is 1. The minimum atomic E-state index is -0.199. The van der Waals surface area contributed by atoms with E-state index in [4.69, 9.17) is 4.74 Å². The number of imidazole rings is 1. The topological polar surface area (TPSA) is 81.4 Å². The van der Waals surface area contributed by atoms with E-state index in [9.17, 15) is 9.59 Å². The van der Waals surface area contributed by atoms with Crippen molar-refractivity contribution < 1.29 is 9.53 Å². The summed E-state index contributed by atoms with van der Waals surface area (Å²) < 4.78 is 9.18. The lowest BCUT2D eigenvalue weighted by Crippen LogP contribution is -2.32. The Bertz CT molecular complexity index is 1150. The highest BCUT2D eigenvalue weighted by Gasteiger charge is 2.25. The smallest absolute Gasteiger partial charge is 0.256 e. The molecule has 180 valence electrons. The number of hydrogen-bond donors (Lipinski definition) is 1. The third-order valence-corrected chi connectivity index (χ3v) is 6.41. The van der Waals surface area contributed by atoms with Crippen molar-refractivity contribution in [2.45, 2.75) is 45.8 Å². The SMILES string of the molecule is CCc1ccc(CN2CCc3c(C(=O)NCCCn4ccnc4)c(OC)cc(=O)n3CC2)cc1. The van der Waals surface area contributed by atoms with Crippen LogP contribution in [0.15, 0.2) is 53.8 Å². The highest BCUT2D eigenvalue weighted by atomic mass is 16.5. The van der Waals surface area contributed by atoms with Gasteiger partial charge in [0.1, 0.15) is 11.3 Å². The number of methoxy groups -OCH3 is 1. The van der Waals surface area contributed by atoms with E-state index >= 15 is 0 Å². The third kappa shape index (κ3) is 5.56. The first-order chi connectivity index (χ1) is 16.6. The van der Waals surface area contributed by atoms with Crippen molar-refractivity contribution >= 4 is 5.91 Å². The summed E-state index contributed by atoms with van der Waals surface area (Å²) in [4.78, 5) is 32.4. The van der Waals surface area contributed by atoms with Gasteiger partial charge in [0, 0.05) is 69.8 Å². The van der Waals surface area contributed by atoms with Crippen LogP contribution >= 0.6 is 0 Å². The summed E-state index contributed by atoms with van der Waals surface area (Å²) in [6, 6.07) is 10.1. The van der Waals surface area contributed by atoms with Gasteiger partial charge in [0.25, 0.3) is 11.5 Å². The Kier molecular flexibility index (Phi) is 7.80. The Balaban J connectivity index is 1.46. The average Bonchev–Trinajstić information content (AvgIpc) is 3.29. The predicted octanol–water partition coefficient (Wildman–Crippen LogP) is 2.49. The molecule has 0 unspecified atom stereocenters. The van der Waals surface area contributed by atoms with E-state index in [1.807, 2.05) is 10.8 Å². The van der Waals surface area contributed by atoms with Crippen molar-refractivity contribution in [2.75, 3.05) is 26.7 Å². The molecule has 34 heavy (non-hydrogen) atoms. The lowest BCUT2D eigenvalue weighted by Gasteiger charge is -2.19. The second-order valence-electron chi connectivity index (χ2n) is 8.63. The number of aromatic nitrogens is 3. The van der Waals surface area contributed by atoms with Gasteiger partial charge in [-0.3, -0.25) is 14.5 Å². The quantitative estimate of drug-likeness (QED) is 0.493. The van der Waals surface area contributed by atoms with Crippen LogP contribution in [-0.4, -0.2) is 51.7 Å². The molecule has 0 saturated carbocycles. The van der Waals surface area contributed by atoms with Crippen molar-refractivity contribution in [1.29, 1.82) is 0 Å². The fraction of sp³-hybridized carbons (Fsp3) is 0.423. The molecule has 3 aromatic rings. The molecule has 2 aromatic heterocycles. The Morgan fingerprint density at radius 1 is 1.15 bits per heavy atom. The van der Waals surface area contributed by atoms with Gasteiger partial charge in [-0.05, 0) is 24.0 Å². The molecule has 0 aliphatic carbocycles. The Morgan fingerprint density at radius 3 is 2.65 bits per heavy atom. The van der Waals surface area contributed by atoms with Crippen LogP contribution in [0.25, 0.3) is 0 Å². The van der Waals surface area contributed by atoms with Gasteiger partial charge in [0.2, 0.25) is 0 Å². The summed E-state index contributed by atoms with van der Waals surface area (Å²) in [7, 11) is 1.50. The van der Waals surface area contributed by atoms with E-state index in [-0.39, 0.29) is 11.5 Å². The van der Waals surface area contributed by atoms with Gasteiger partial charge in [-0.2, -0.15) is 0 Å². The van der Waals surface area contributed by atoms with Crippen molar-refractivity contribution in [3.05, 3.63) is 81.8 Å². The van der Waals surface area contributed by atoms with Crippen LogP contribution in [0.4, 0.5) is 0 Å². The second-order valence-corrected chi connectivity index (χ2v) is 8.63. The minimum absolute atomic E-state index is 0.127. The standard InChI is InChI=1S/C26H33N5O3/c1-3-20-5-7-21(8-6-20)18-29-13-9-22-25(23(34-2)17-24(32)31(22)16-15-29)26(33)28-10-4-12-30-14-11-27-19-30/h5-8,11,14,17,19H,3-4,9-10,12-13,15-16,18H2,1-2H3,(H,28,33). The first kappa shape index (κ1) is 23.8. The monoisotopic (exact) mass is 463 g/mol. The number of nitrogens with one attached hydrogen (secondary N) is 1. The highest BCUT2D eigenvalue weighted by molar-refractivity contribution is 5.98. The molecule has 8 heteroatoms. The number of benzene rings is 1. The fourth-order valence-electron chi connectivity index (χ4n) is 4.47. The van der Waals surface area contributed by atoms with Crippen molar-refractivity contribution in [2.24, 2.45) is 0 Å². The Hall–Kier alpha value is -3.39. The molecule has 0 radical (unpaired) electrons. The summed E-state index contributed by atoms with van der Waals surface area (Å²) in [6.07, 6.45) is 7.82. The van der Waals surface area contributed by atoms with Gasteiger partial charge >= 0.3 is 0 Å². The molecule has 1 aliphatic rings. The molecular formula is C26H33N5O3. The van der Waals surface area contributed by atoms with Gasteiger partial charge in [-0.1, -0.05) is 31.2 Å². The maximum atomic E-state index is 13.2. The molecule has 1 aliphatic heterocycles. The lowest BCUT2D eigenvalue weighted by atomic mass is 10.1. The van der Waals surface area contributed by atoms with E-state index in [2.05, 4.69) is 46.4 Å². The number of carbonyl (C=O) groups excluding carboxylic acids is 1. The molecule has 1 aromatic carbocycles. The van der Waals surface area contributed by atoms with Crippen molar-refractivity contribution in [3.8, 4) is 5.75 Å². The van der Waals surface area contributed by atoms with Crippen LogP contribution in [0, 0.1) is 0 Å². The number of nitrogens with zero attached hydrogens (tertiary/aromatic N) is 4. The zero-order valence-electron chi connectivity index (χ0n) is 20.0. The van der Waals surface area contributed by atoms with Gasteiger partial charge in [-0.15, -0.1) is 0 Å². The zero-order chi connectivity index (χ0) is 23.9. The van der Waals surface area contributed by atoms with Crippen LogP contribution in [0.5, 0.6) is 5.75 Å². The van der Waals surface area contributed by atoms with Gasteiger partial charge < -0.3 is 19.2 Å². The minimum Gasteiger partial charge on any atom is -0.496 e. The number of carbonyl (C=O) groups is 1. The maximum absolute atomic E-state index is 13.2. The number of rotatable bonds is 9. The van der Waals surface area contributed by atoms with Gasteiger partial charge in [-0.25, -0.2) is 4.98 Å². The van der Waals surface area contributed by atoms with E-state index in [1.54, 1.807) is 17.1 Å². The zero-order valence-corrected chi connectivity index (χ0v) is 20.0. The summed E-state index contributed by atoms with van der Waals surface area (Å²) in [5.74, 6) is 0.141. The molecule has 0 saturated heterocycles. The number of pyridine rings is 1. The molecule has 4 rings (SSSR count). The fourth-order valence-corrected chi connectivity index (χ4v) is 4.47. The highest BCUT2D eigenvalue weighted by Crippen LogP contribution is 2.23. The number of hydrogen-bond acceptors (Lipinski definition) is 5. The molecule has 1 N–H and O–H groups in total. The molecule has 0 spiro atoms. The Labute approximate surface area is 200 Å². The molecular weight excluding hydrogens is 430 g/mol. The number of aryl methyl sites for hydroxylation is 2. The van der Waals surface area contributed by atoms with Gasteiger partial charge in [0.15, 0.2) is 0 Å². The largest absolute Gasteiger partial charge is 0.496 e. The number of amides is 1. The lowest BCUT2D eigenvalue weighted by molar-refractivity contribution is 0.0947. The van der Waals surface area contributed by atoms with E-state index in [0.29, 0.717) is 30.8 Å². The Morgan fingerprint density at radius 2 is 1.94 bits per heavy atom. The van der Waals surface area contributed by atoms with Gasteiger partial charge in [0.05, 0.1) is 13.4 Å². The maximum Gasteiger partial charge on any atom is 0.256 e. The molecule has 0 bridgehead atoms. The van der Waals surface area contributed by atoms with Crippen molar-refractivity contribution in [1.82, 2.24) is 24.3 Å². The molecule has 0 fully saturated rings. The summed E-state index contributed by atoms with van der Waals surface area (Å²) in [5.41, 5.74) is 3.67. The predicted molar refractivity (Wildman–Crippen MR) is 131 cm³/mol. The second kappa shape index (κ2) is 11.2. The van der Waals surface area contributed by atoms with Crippen LogP contribution in [0.2, 0.25) is 0 Å². The van der Waals surface area contributed by atoms with Crippen LogP contribution in [-0.2, 0) is 32.5 Å². The molecule has 3 heterocycles. The van der Waals surface area contributed by atoms with E-state index in [1.165, 1.54) is 24.3 Å². The summed E-state index contributed by atoms with van der Waals surface area (Å²) in [6.45, 7) is 6.34. The number of ether oxygens (including phenoxy) is 1. The molecule has 0 atom stereocenters. The van der Waals surface area contributed by atoms with Crippen LogP contribution in [0.1, 0.15) is 40.5 Å². The first-order valence-corrected chi connectivity index (χ1v) is 11.9. The van der Waals surface area contributed by atoms with E-state index in [0.717, 1.165) is 44.7 Å².